The Morgan fingerprint density at radius 1 is 1.25 bits per heavy atom. The van der Waals surface area contributed by atoms with Crippen LogP contribution in [0, 0.1) is 11.6 Å². The molecule has 0 aliphatic carbocycles. The standard InChI is InChI=1S/C18H18F2N2O.ClH/c1-22(11-12-7-8-13(19)10-16(12)20)18(23)15-4-2-6-17-14(15)5-3-9-21-17;/h2,4,6-8,10,21H,3,5,9,11H2,1H3;1H. The lowest BCUT2D eigenvalue weighted by Gasteiger charge is -2.24. The molecule has 1 aliphatic heterocycles. The number of carbonyl (C=O) groups excluding carboxylic acids is 1. The van der Waals surface area contributed by atoms with E-state index in [0.29, 0.717) is 11.1 Å². The summed E-state index contributed by atoms with van der Waals surface area (Å²) in [6.07, 6.45) is 1.83. The van der Waals surface area contributed by atoms with E-state index in [-0.39, 0.29) is 24.9 Å². The molecule has 1 N–H and O–H groups in total. The van der Waals surface area contributed by atoms with E-state index in [2.05, 4.69) is 5.32 Å². The Hall–Kier alpha value is -2.14. The fourth-order valence-electron chi connectivity index (χ4n) is 2.89. The first kappa shape index (κ1) is 18.2. The third-order valence-corrected chi connectivity index (χ3v) is 4.09. The zero-order valence-corrected chi connectivity index (χ0v) is 14.1. The van der Waals surface area contributed by atoms with E-state index in [1.165, 1.54) is 17.0 Å². The monoisotopic (exact) mass is 352 g/mol. The summed E-state index contributed by atoms with van der Waals surface area (Å²) in [6, 6.07) is 9.01. The van der Waals surface area contributed by atoms with Crippen LogP contribution < -0.4 is 5.32 Å². The molecule has 0 radical (unpaired) electrons. The summed E-state index contributed by atoms with van der Waals surface area (Å²) in [5.41, 5.74) is 2.93. The van der Waals surface area contributed by atoms with Crippen LogP contribution in [0.4, 0.5) is 14.5 Å². The van der Waals surface area contributed by atoms with Gasteiger partial charge in [0, 0.05) is 43.0 Å². The van der Waals surface area contributed by atoms with Crippen molar-refractivity contribution in [2.75, 3.05) is 18.9 Å². The van der Waals surface area contributed by atoms with Crippen molar-refractivity contribution in [1.29, 1.82) is 0 Å². The lowest BCUT2D eigenvalue weighted by Crippen LogP contribution is -2.28. The second-order valence-electron chi connectivity index (χ2n) is 5.76. The molecule has 0 saturated carbocycles. The van der Waals surface area contributed by atoms with E-state index in [1.54, 1.807) is 13.1 Å². The first-order chi connectivity index (χ1) is 11.1. The summed E-state index contributed by atoms with van der Waals surface area (Å²) in [6.45, 7) is 1.00. The molecule has 0 bridgehead atoms. The van der Waals surface area contributed by atoms with Crippen molar-refractivity contribution in [2.45, 2.75) is 19.4 Å². The molecule has 0 unspecified atom stereocenters. The summed E-state index contributed by atoms with van der Waals surface area (Å²) < 4.78 is 26.7. The van der Waals surface area contributed by atoms with Gasteiger partial charge in [-0.15, -0.1) is 12.4 Å². The molecular formula is C18H19ClF2N2O. The number of carbonyl (C=O) groups is 1. The highest BCUT2D eigenvalue weighted by Crippen LogP contribution is 2.26. The lowest BCUT2D eigenvalue weighted by molar-refractivity contribution is 0.0782. The normalized spacial score (nSPS) is 12.6. The van der Waals surface area contributed by atoms with E-state index in [0.717, 1.165) is 36.7 Å². The second kappa shape index (κ2) is 7.62. The molecule has 2 aromatic carbocycles. The maximum atomic E-state index is 13.8. The molecule has 3 nitrogen and oxygen atoms in total. The number of amides is 1. The third kappa shape index (κ3) is 3.67. The van der Waals surface area contributed by atoms with Gasteiger partial charge in [-0.05, 0) is 36.6 Å². The number of anilines is 1. The molecule has 0 aromatic heterocycles. The van der Waals surface area contributed by atoms with Crippen molar-refractivity contribution in [1.82, 2.24) is 4.90 Å². The molecule has 0 atom stereocenters. The Bertz CT molecular complexity index is 752. The second-order valence-corrected chi connectivity index (χ2v) is 5.76. The van der Waals surface area contributed by atoms with Gasteiger partial charge in [-0.1, -0.05) is 12.1 Å². The van der Waals surface area contributed by atoms with Crippen molar-refractivity contribution >= 4 is 24.0 Å². The van der Waals surface area contributed by atoms with Crippen LogP contribution >= 0.6 is 12.4 Å². The summed E-state index contributed by atoms with van der Waals surface area (Å²) in [5.74, 6) is -1.42. The van der Waals surface area contributed by atoms with E-state index >= 15 is 0 Å². The van der Waals surface area contributed by atoms with Crippen LogP contribution in [0.2, 0.25) is 0 Å². The number of benzene rings is 2. The first-order valence-electron chi connectivity index (χ1n) is 7.61. The van der Waals surface area contributed by atoms with Crippen LogP contribution in [-0.2, 0) is 13.0 Å². The third-order valence-electron chi connectivity index (χ3n) is 4.09. The first-order valence-corrected chi connectivity index (χ1v) is 7.61. The number of rotatable bonds is 3. The number of halogens is 3. The van der Waals surface area contributed by atoms with E-state index in [9.17, 15) is 13.6 Å². The van der Waals surface area contributed by atoms with Crippen molar-refractivity contribution < 1.29 is 13.6 Å². The highest BCUT2D eigenvalue weighted by molar-refractivity contribution is 5.97. The maximum absolute atomic E-state index is 13.8. The fraction of sp³-hybridized carbons (Fsp3) is 0.278. The van der Waals surface area contributed by atoms with Gasteiger partial charge in [0.1, 0.15) is 11.6 Å². The molecule has 6 heteroatoms. The summed E-state index contributed by atoms with van der Waals surface area (Å²) in [4.78, 5) is 14.2. The van der Waals surface area contributed by atoms with E-state index in [1.807, 2.05) is 12.1 Å². The SMILES string of the molecule is CN(Cc1ccc(F)cc1F)C(=O)c1cccc2c1CCCN2.Cl. The van der Waals surface area contributed by atoms with Crippen molar-refractivity contribution in [3.8, 4) is 0 Å². The number of nitrogens with one attached hydrogen (secondary N) is 1. The van der Waals surface area contributed by atoms with Crippen LogP contribution in [0.3, 0.4) is 0 Å². The molecule has 1 aliphatic rings. The Balaban J connectivity index is 0.00000208. The minimum atomic E-state index is -0.638. The molecule has 3 rings (SSSR count). The minimum Gasteiger partial charge on any atom is -0.385 e. The molecule has 2 aromatic rings. The Kier molecular flexibility index (Phi) is 5.78. The van der Waals surface area contributed by atoms with Gasteiger partial charge in [0.25, 0.3) is 5.91 Å². The number of hydrogen-bond donors (Lipinski definition) is 1. The van der Waals surface area contributed by atoms with E-state index in [4.69, 9.17) is 0 Å². The molecule has 0 spiro atoms. The molecule has 1 amide bonds. The predicted octanol–water partition coefficient (Wildman–Crippen LogP) is 4.02. The predicted molar refractivity (Wildman–Crippen MR) is 92.7 cm³/mol. The van der Waals surface area contributed by atoms with Gasteiger partial charge < -0.3 is 10.2 Å². The summed E-state index contributed by atoms with van der Waals surface area (Å²) >= 11 is 0. The van der Waals surface area contributed by atoms with Crippen molar-refractivity contribution in [3.05, 3.63) is 64.7 Å². The Morgan fingerprint density at radius 3 is 2.79 bits per heavy atom. The largest absolute Gasteiger partial charge is 0.385 e. The van der Waals surface area contributed by atoms with Gasteiger partial charge >= 0.3 is 0 Å². The topological polar surface area (TPSA) is 32.3 Å². The maximum Gasteiger partial charge on any atom is 0.254 e. The van der Waals surface area contributed by atoms with Gasteiger partial charge in [-0.3, -0.25) is 4.79 Å². The van der Waals surface area contributed by atoms with Gasteiger partial charge in [0.2, 0.25) is 0 Å². The van der Waals surface area contributed by atoms with Crippen LogP contribution in [-0.4, -0.2) is 24.4 Å². The molecule has 24 heavy (non-hydrogen) atoms. The van der Waals surface area contributed by atoms with Crippen LogP contribution in [0.1, 0.15) is 27.9 Å². The minimum absolute atomic E-state index is 0. The average molecular weight is 353 g/mol. The van der Waals surface area contributed by atoms with Gasteiger partial charge in [-0.2, -0.15) is 0 Å². The molecular weight excluding hydrogens is 334 g/mol. The highest BCUT2D eigenvalue weighted by atomic mass is 35.5. The van der Waals surface area contributed by atoms with Gasteiger partial charge in [0.15, 0.2) is 0 Å². The smallest absolute Gasteiger partial charge is 0.254 e. The molecule has 0 saturated heterocycles. The zero-order chi connectivity index (χ0) is 16.4. The van der Waals surface area contributed by atoms with Crippen molar-refractivity contribution in [3.63, 3.8) is 0 Å². The van der Waals surface area contributed by atoms with Crippen LogP contribution in [0.15, 0.2) is 36.4 Å². The summed E-state index contributed by atoms with van der Waals surface area (Å²) in [5, 5.41) is 3.29. The van der Waals surface area contributed by atoms with Crippen LogP contribution in [0.5, 0.6) is 0 Å². The average Bonchev–Trinajstić information content (AvgIpc) is 2.56. The van der Waals surface area contributed by atoms with Crippen LogP contribution in [0.25, 0.3) is 0 Å². The molecule has 1 heterocycles. The summed E-state index contributed by atoms with van der Waals surface area (Å²) in [7, 11) is 1.63. The van der Waals surface area contributed by atoms with Crippen molar-refractivity contribution in [2.24, 2.45) is 0 Å². The van der Waals surface area contributed by atoms with Gasteiger partial charge in [0.05, 0.1) is 0 Å². The van der Waals surface area contributed by atoms with Gasteiger partial charge in [-0.25, -0.2) is 8.78 Å². The quantitative estimate of drug-likeness (QED) is 0.905. The van der Waals surface area contributed by atoms with E-state index < -0.39 is 11.6 Å². The highest BCUT2D eigenvalue weighted by Gasteiger charge is 2.20. The zero-order valence-electron chi connectivity index (χ0n) is 13.3. The molecule has 0 fully saturated rings. The lowest BCUT2D eigenvalue weighted by atomic mass is 9.97. The molecule has 128 valence electrons. The number of hydrogen-bond acceptors (Lipinski definition) is 2. The number of fused-ring (bicyclic) bond motifs is 1. The number of nitrogens with zero attached hydrogens (tertiary/aromatic N) is 1. The Labute approximate surface area is 146 Å². The fourth-order valence-corrected chi connectivity index (χ4v) is 2.89. The Morgan fingerprint density at radius 2 is 2.04 bits per heavy atom.